The lowest BCUT2D eigenvalue weighted by Gasteiger charge is -2.16. The number of furan rings is 1. The van der Waals surface area contributed by atoms with E-state index in [1.165, 1.54) is 0 Å². The van der Waals surface area contributed by atoms with Gasteiger partial charge in [-0.1, -0.05) is 0 Å². The van der Waals surface area contributed by atoms with Crippen LogP contribution in [0.5, 0.6) is 0 Å². The van der Waals surface area contributed by atoms with Crippen LogP contribution in [-0.2, 0) is 0 Å². The van der Waals surface area contributed by atoms with Gasteiger partial charge in [0.2, 0.25) is 0 Å². The van der Waals surface area contributed by atoms with E-state index < -0.39 is 0 Å². The maximum absolute atomic E-state index is 5.07. The third kappa shape index (κ3) is 2.72. The molecule has 2 atom stereocenters. The Morgan fingerprint density at radius 2 is 2.25 bits per heavy atom. The van der Waals surface area contributed by atoms with Crippen molar-refractivity contribution in [2.45, 2.75) is 25.9 Å². The van der Waals surface area contributed by atoms with Gasteiger partial charge in [0.05, 0.1) is 28.6 Å². The Hall–Kier alpha value is -0.650. The number of aromatic nitrogens is 1. The highest BCUT2D eigenvalue weighted by Gasteiger charge is 2.14. The highest BCUT2D eigenvalue weighted by atomic mass is 79.9. The minimum atomic E-state index is 0.237. The summed E-state index contributed by atoms with van der Waals surface area (Å²) in [6.07, 6.45) is 5.29. The molecule has 2 rings (SSSR count). The first-order valence-electron chi connectivity index (χ1n) is 5.06. The fourth-order valence-electron chi connectivity index (χ4n) is 1.53. The first-order chi connectivity index (χ1) is 7.66. The van der Waals surface area contributed by atoms with Gasteiger partial charge in [0.25, 0.3) is 0 Å². The predicted octanol–water partition coefficient (Wildman–Crippen LogP) is 3.91. The summed E-state index contributed by atoms with van der Waals surface area (Å²) >= 11 is 5.07. The topological polar surface area (TPSA) is 38.1 Å². The maximum atomic E-state index is 5.07. The summed E-state index contributed by atoms with van der Waals surface area (Å²) in [7, 11) is 0. The summed E-state index contributed by atoms with van der Waals surface area (Å²) in [5.41, 5.74) is 1.16. The molecule has 0 saturated carbocycles. The normalized spacial score (nSPS) is 14.9. The summed E-state index contributed by atoms with van der Waals surface area (Å²) in [5, 5.41) is 4.56. The third-order valence-corrected chi connectivity index (χ3v) is 4.07. The number of hydrogen-bond acceptors (Lipinski definition) is 4. The van der Waals surface area contributed by atoms with Crippen LogP contribution >= 0.6 is 27.3 Å². The molecule has 0 fully saturated rings. The number of halogens is 1. The van der Waals surface area contributed by atoms with Crippen molar-refractivity contribution < 1.29 is 4.42 Å². The maximum Gasteiger partial charge on any atom is 0.110 e. The van der Waals surface area contributed by atoms with E-state index >= 15 is 0 Å². The molecule has 0 bridgehead atoms. The summed E-state index contributed by atoms with van der Waals surface area (Å²) in [6, 6.07) is 2.47. The summed E-state index contributed by atoms with van der Waals surface area (Å²) in [5.74, 6) is 0. The fourth-order valence-corrected chi connectivity index (χ4v) is 2.79. The molecule has 2 unspecified atom stereocenters. The average Bonchev–Trinajstić information content (AvgIpc) is 2.87. The van der Waals surface area contributed by atoms with E-state index in [2.05, 4.69) is 40.1 Å². The smallest absolute Gasteiger partial charge is 0.110 e. The van der Waals surface area contributed by atoms with Crippen molar-refractivity contribution in [1.29, 1.82) is 0 Å². The van der Waals surface area contributed by atoms with E-state index in [1.54, 1.807) is 23.9 Å². The first-order valence-corrected chi connectivity index (χ1v) is 6.67. The van der Waals surface area contributed by atoms with Crippen molar-refractivity contribution in [3.05, 3.63) is 39.1 Å². The van der Waals surface area contributed by atoms with Crippen LogP contribution in [0.1, 0.15) is 36.5 Å². The van der Waals surface area contributed by atoms with Crippen molar-refractivity contribution in [2.24, 2.45) is 0 Å². The van der Waals surface area contributed by atoms with E-state index in [9.17, 15) is 0 Å². The minimum absolute atomic E-state index is 0.237. The number of nitrogens with zero attached hydrogens (tertiary/aromatic N) is 1. The van der Waals surface area contributed by atoms with Crippen LogP contribution in [-0.4, -0.2) is 4.98 Å². The molecule has 0 aromatic carbocycles. The monoisotopic (exact) mass is 300 g/mol. The fraction of sp³-hybridized carbons (Fsp3) is 0.364. The standard InChI is InChI=1S/C11H13BrN2OS/c1-7(9-3-4-15-6-9)14-8(2)11-13-5-10(12)16-11/h3-8,14H,1-2H3. The van der Waals surface area contributed by atoms with Crippen LogP contribution in [0.4, 0.5) is 0 Å². The molecule has 86 valence electrons. The largest absolute Gasteiger partial charge is 0.472 e. The lowest BCUT2D eigenvalue weighted by molar-refractivity contribution is 0.485. The van der Waals surface area contributed by atoms with Gasteiger partial charge in [-0.2, -0.15) is 0 Å². The van der Waals surface area contributed by atoms with E-state index in [4.69, 9.17) is 4.42 Å². The molecule has 0 aliphatic carbocycles. The van der Waals surface area contributed by atoms with Gasteiger partial charge in [0, 0.05) is 11.6 Å². The lowest BCUT2D eigenvalue weighted by Crippen LogP contribution is -2.21. The molecule has 0 amide bonds. The van der Waals surface area contributed by atoms with Crippen molar-refractivity contribution in [3.63, 3.8) is 0 Å². The number of rotatable bonds is 4. The minimum Gasteiger partial charge on any atom is -0.472 e. The van der Waals surface area contributed by atoms with Gasteiger partial charge in [-0.3, -0.25) is 0 Å². The summed E-state index contributed by atoms with van der Waals surface area (Å²) in [4.78, 5) is 4.34. The zero-order valence-corrected chi connectivity index (χ0v) is 11.5. The van der Waals surface area contributed by atoms with E-state index in [1.807, 2.05) is 12.3 Å². The Balaban J connectivity index is 2.00. The van der Waals surface area contributed by atoms with E-state index in [0.29, 0.717) is 0 Å². The van der Waals surface area contributed by atoms with Gasteiger partial charge in [0.15, 0.2) is 0 Å². The Kier molecular flexibility index (Phi) is 3.78. The highest BCUT2D eigenvalue weighted by molar-refractivity contribution is 9.11. The van der Waals surface area contributed by atoms with E-state index in [0.717, 1.165) is 14.4 Å². The molecule has 2 aromatic rings. The molecule has 0 saturated heterocycles. The molecule has 0 aliphatic rings. The van der Waals surface area contributed by atoms with Crippen LogP contribution in [0.15, 0.2) is 33.0 Å². The van der Waals surface area contributed by atoms with Gasteiger partial charge in [-0.05, 0) is 35.8 Å². The van der Waals surface area contributed by atoms with Crippen LogP contribution in [0.2, 0.25) is 0 Å². The molecular weight excluding hydrogens is 288 g/mol. The quantitative estimate of drug-likeness (QED) is 0.930. The number of hydrogen-bond donors (Lipinski definition) is 1. The molecule has 16 heavy (non-hydrogen) atoms. The second-order valence-electron chi connectivity index (χ2n) is 3.67. The third-order valence-electron chi connectivity index (χ3n) is 2.41. The van der Waals surface area contributed by atoms with Crippen LogP contribution < -0.4 is 5.32 Å². The average molecular weight is 301 g/mol. The molecule has 2 aromatic heterocycles. The van der Waals surface area contributed by atoms with Crippen molar-refractivity contribution >= 4 is 27.3 Å². The molecule has 2 heterocycles. The van der Waals surface area contributed by atoms with Gasteiger partial charge >= 0.3 is 0 Å². The van der Waals surface area contributed by atoms with Gasteiger partial charge in [0.1, 0.15) is 5.01 Å². The molecule has 0 aliphatic heterocycles. The molecule has 1 N–H and O–H groups in total. The molecule has 0 spiro atoms. The van der Waals surface area contributed by atoms with Crippen molar-refractivity contribution in [3.8, 4) is 0 Å². The van der Waals surface area contributed by atoms with Crippen LogP contribution in [0, 0.1) is 0 Å². The predicted molar refractivity (Wildman–Crippen MR) is 68.5 cm³/mol. The SMILES string of the molecule is CC(NC(C)c1ncc(Br)s1)c1ccoc1. The van der Waals surface area contributed by atoms with E-state index in [-0.39, 0.29) is 12.1 Å². The van der Waals surface area contributed by atoms with Gasteiger partial charge < -0.3 is 9.73 Å². The first kappa shape index (κ1) is 11.8. The Morgan fingerprint density at radius 1 is 1.44 bits per heavy atom. The molecule has 5 heteroatoms. The zero-order valence-electron chi connectivity index (χ0n) is 9.11. The van der Waals surface area contributed by atoms with Crippen molar-refractivity contribution in [2.75, 3.05) is 0 Å². The van der Waals surface area contributed by atoms with Gasteiger partial charge in [-0.15, -0.1) is 11.3 Å². The van der Waals surface area contributed by atoms with Crippen molar-refractivity contribution in [1.82, 2.24) is 10.3 Å². The summed E-state index contributed by atoms with van der Waals surface area (Å²) < 4.78 is 6.13. The zero-order chi connectivity index (χ0) is 11.5. The van der Waals surface area contributed by atoms with Gasteiger partial charge in [-0.25, -0.2) is 4.98 Å². The Morgan fingerprint density at radius 3 is 2.81 bits per heavy atom. The Bertz CT molecular complexity index is 441. The molecule has 3 nitrogen and oxygen atoms in total. The number of nitrogens with one attached hydrogen (secondary N) is 1. The highest BCUT2D eigenvalue weighted by Crippen LogP contribution is 2.26. The molecule has 0 radical (unpaired) electrons. The summed E-state index contributed by atoms with van der Waals surface area (Å²) in [6.45, 7) is 4.23. The van der Waals surface area contributed by atoms with Crippen LogP contribution in [0.25, 0.3) is 0 Å². The second kappa shape index (κ2) is 5.12. The lowest BCUT2D eigenvalue weighted by atomic mass is 10.1. The van der Waals surface area contributed by atoms with Crippen LogP contribution in [0.3, 0.4) is 0 Å². The Labute approximate surface area is 107 Å². The second-order valence-corrected chi connectivity index (χ2v) is 6.11. The molecular formula is C11H13BrN2OS. The number of thiazole rings is 1.